The van der Waals surface area contributed by atoms with Crippen LogP contribution >= 0.6 is 11.3 Å². The molecule has 1 aliphatic heterocycles. The number of hydrogen-bond acceptors (Lipinski definition) is 8. The molecule has 1 aromatic heterocycles. The van der Waals surface area contributed by atoms with Crippen molar-refractivity contribution in [2.75, 3.05) is 44.5 Å². The average Bonchev–Trinajstić information content (AvgIpc) is 3.51. The molecule has 11 nitrogen and oxygen atoms in total. The summed E-state index contributed by atoms with van der Waals surface area (Å²) in [5.74, 6) is 0.270. The predicted octanol–water partition coefficient (Wildman–Crippen LogP) is 3.94. The minimum absolute atomic E-state index is 0.0423. The van der Waals surface area contributed by atoms with Crippen LogP contribution in [0.25, 0.3) is 0 Å². The van der Waals surface area contributed by atoms with E-state index in [9.17, 15) is 23.1 Å². The fourth-order valence-corrected chi connectivity index (χ4v) is 6.79. The van der Waals surface area contributed by atoms with E-state index in [1.54, 1.807) is 72.8 Å². The van der Waals surface area contributed by atoms with Gasteiger partial charge in [-0.25, -0.2) is 13.2 Å². The van der Waals surface area contributed by atoms with E-state index in [0.29, 0.717) is 17.1 Å². The van der Waals surface area contributed by atoms with Crippen LogP contribution in [-0.4, -0.2) is 80.7 Å². The number of aliphatic hydroxyl groups excluding tert-OH is 1. The molecule has 0 bridgehead atoms. The predicted molar refractivity (Wildman–Crippen MR) is 157 cm³/mol. The summed E-state index contributed by atoms with van der Waals surface area (Å²) in [6.07, 6.45) is -0.604. The van der Waals surface area contributed by atoms with E-state index < -0.39 is 28.2 Å². The number of sulfonamides is 1. The van der Waals surface area contributed by atoms with Crippen molar-refractivity contribution in [1.29, 1.82) is 0 Å². The minimum atomic E-state index is -3.72. The van der Waals surface area contributed by atoms with E-state index in [4.69, 9.17) is 9.47 Å². The van der Waals surface area contributed by atoms with Crippen LogP contribution in [0.1, 0.15) is 24.2 Å². The zero-order valence-corrected chi connectivity index (χ0v) is 24.9. The summed E-state index contributed by atoms with van der Waals surface area (Å²) in [7, 11) is -0.671. The van der Waals surface area contributed by atoms with Crippen molar-refractivity contribution in [2.24, 2.45) is 5.92 Å². The molecule has 13 heteroatoms. The fraction of sp³-hybridized carbons (Fsp3) is 0.357. The Morgan fingerprint density at radius 1 is 1.20 bits per heavy atom. The number of carbonyl (C=O) groups excluding carboxylic acids is 2. The molecule has 0 spiro atoms. The molecule has 3 atom stereocenters. The maximum absolute atomic E-state index is 13.7. The number of carbonyl (C=O) groups is 2. The quantitative estimate of drug-likeness (QED) is 0.337. The first-order chi connectivity index (χ1) is 19.5. The number of fused-ring (bicyclic) bond motifs is 1. The first kappa shape index (κ1) is 30.3. The standard InChI is InChI=1S/C28H34N4O7S2/c1-18-15-32(19(2)17-33)27(34)23-14-21(30-28(35)29-20-7-10-22(38-4)11-8-20)9-12-24(23)39-25(18)16-31(3)41(36,37)26-6-5-13-40-26/h5-14,18-19,25,33H,15-17H2,1-4H3,(H2,29,30,35)/t18-,19+,25+/m0/s1. The van der Waals surface area contributed by atoms with Gasteiger partial charge in [0.1, 0.15) is 21.8 Å². The summed E-state index contributed by atoms with van der Waals surface area (Å²) < 4.78 is 39.1. The Bertz CT molecular complexity index is 1460. The average molecular weight is 603 g/mol. The van der Waals surface area contributed by atoms with Gasteiger partial charge in [0, 0.05) is 30.9 Å². The number of benzene rings is 2. The number of methoxy groups -OCH3 is 1. The highest BCUT2D eigenvalue weighted by Gasteiger charge is 2.35. The molecule has 1 aliphatic rings. The van der Waals surface area contributed by atoms with Gasteiger partial charge in [-0.2, -0.15) is 4.31 Å². The largest absolute Gasteiger partial charge is 0.497 e. The zero-order chi connectivity index (χ0) is 29.7. The number of nitrogens with one attached hydrogen (secondary N) is 2. The van der Waals surface area contributed by atoms with Gasteiger partial charge >= 0.3 is 6.03 Å². The first-order valence-corrected chi connectivity index (χ1v) is 15.3. The number of urea groups is 1. The molecule has 3 N–H and O–H groups in total. The molecule has 0 saturated heterocycles. The van der Waals surface area contributed by atoms with Crippen LogP contribution in [0, 0.1) is 5.92 Å². The Kier molecular flexibility index (Phi) is 9.53. The summed E-state index contributed by atoms with van der Waals surface area (Å²) >= 11 is 1.14. The van der Waals surface area contributed by atoms with Crippen molar-refractivity contribution in [3.05, 3.63) is 65.5 Å². The van der Waals surface area contributed by atoms with Crippen molar-refractivity contribution < 1.29 is 32.6 Å². The zero-order valence-electron chi connectivity index (χ0n) is 23.2. The van der Waals surface area contributed by atoms with E-state index in [-0.39, 0.29) is 47.0 Å². The third kappa shape index (κ3) is 6.99. The lowest BCUT2D eigenvalue weighted by atomic mass is 9.99. The van der Waals surface area contributed by atoms with Crippen molar-refractivity contribution in [3.63, 3.8) is 0 Å². The van der Waals surface area contributed by atoms with Crippen LogP contribution in [-0.2, 0) is 10.0 Å². The summed E-state index contributed by atoms with van der Waals surface area (Å²) in [5.41, 5.74) is 1.09. The fourth-order valence-electron chi connectivity index (χ4n) is 4.40. The van der Waals surface area contributed by atoms with Gasteiger partial charge in [0.05, 0.1) is 31.9 Å². The monoisotopic (exact) mass is 602 g/mol. The summed E-state index contributed by atoms with van der Waals surface area (Å²) in [6, 6.07) is 13.7. The second-order valence-corrected chi connectivity index (χ2v) is 13.1. The van der Waals surface area contributed by atoms with Gasteiger partial charge in [0.2, 0.25) is 0 Å². The molecular weight excluding hydrogens is 568 g/mol. The maximum atomic E-state index is 13.7. The lowest BCUT2D eigenvalue weighted by Crippen LogP contribution is -2.50. The Labute approximate surface area is 243 Å². The van der Waals surface area contributed by atoms with Gasteiger partial charge < -0.3 is 30.1 Å². The van der Waals surface area contributed by atoms with Crippen LogP contribution in [0.4, 0.5) is 16.2 Å². The number of ether oxygens (including phenoxy) is 2. The van der Waals surface area contributed by atoms with E-state index >= 15 is 0 Å². The Balaban J connectivity index is 1.59. The number of amides is 3. The van der Waals surface area contributed by atoms with Gasteiger partial charge in [0.15, 0.2) is 0 Å². The molecule has 220 valence electrons. The van der Waals surface area contributed by atoms with Gasteiger partial charge in [-0.3, -0.25) is 4.79 Å². The second-order valence-electron chi connectivity index (χ2n) is 9.86. The molecule has 2 heterocycles. The van der Waals surface area contributed by atoms with Gasteiger partial charge in [0.25, 0.3) is 15.9 Å². The number of aliphatic hydroxyl groups is 1. The number of nitrogens with zero attached hydrogens (tertiary/aromatic N) is 2. The normalized spacial score (nSPS) is 18.1. The summed E-state index contributed by atoms with van der Waals surface area (Å²) in [4.78, 5) is 27.9. The van der Waals surface area contributed by atoms with E-state index in [1.807, 2.05) is 6.92 Å². The topological polar surface area (TPSA) is 138 Å². The third-order valence-corrected chi connectivity index (χ3v) is 10.1. The SMILES string of the molecule is COc1ccc(NC(=O)Nc2ccc3c(c2)C(=O)N([C@H](C)CO)C[C@H](C)[C@@H](CN(C)S(=O)(=O)c2cccs2)O3)cc1. The van der Waals surface area contributed by atoms with Crippen LogP contribution in [0.15, 0.2) is 64.2 Å². The van der Waals surface area contributed by atoms with Crippen molar-refractivity contribution in [1.82, 2.24) is 9.21 Å². The van der Waals surface area contributed by atoms with Crippen LogP contribution < -0.4 is 20.1 Å². The molecule has 0 saturated carbocycles. The highest BCUT2D eigenvalue weighted by atomic mass is 32.2. The maximum Gasteiger partial charge on any atom is 0.323 e. The lowest BCUT2D eigenvalue weighted by molar-refractivity contribution is 0.0387. The number of thiophene rings is 1. The molecule has 41 heavy (non-hydrogen) atoms. The number of hydrogen-bond donors (Lipinski definition) is 3. The van der Waals surface area contributed by atoms with Crippen molar-refractivity contribution >= 4 is 44.7 Å². The van der Waals surface area contributed by atoms with Gasteiger partial charge in [-0.15, -0.1) is 11.3 Å². The molecule has 3 amide bonds. The molecule has 0 aliphatic carbocycles. The van der Waals surface area contributed by atoms with Crippen LogP contribution in [0.5, 0.6) is 11.5 Å². The van der Waals surface area contributed by atoms with Crippen molar-refractivity contribution in [2.45, 2.75) is 30.2 Å². The highest BCUT2D eigenvalue weighted by molar-refractivity contribution is 7.91. The molecule has 0 radical (unpaired) electrons. The Morgan fingerprint density at radius 2 is 1.88 bits per heavy atom. The van der Waals surface area contributed by atoms with Gasteiger partial charge in [-0.05, 0) is 60.8 Å². The first-order valence-electron chi connectivity index (χ1n) is 13.0. The summed E-state index contributed by atoms with van der Waals surface area (Å²) in [6.45, 7) is 3.63. The van der Waals surface area contributed by atoms with E-state index in [0.717, 1.165) is 11.3 Å². The Hall–Kier alpha value is -3.65. The van der Waals surface area contributed by atoms with E-state index in [1.165, 1.54) is 17.4 Å². The Morgan fingerprint density at radius 3 is 2.51 bits per heavy atom. The summed E-state index contributed by atoms with van der Waals surface area (Å²) in [5, 5.41) is 17.0. The van der Waals surface area contributed by atoms with Gasteiger partial charge in [-0.1, -0.05) is 13.0 Å². The highest BCUT2D eigenvalue weighted by Crippen LogP contribution is 2.31. The molecule has 0 unspecified atom stereocenters. The lowest BCUT2D eigenvalue weighted by Gasteiger charge is -2.38. The molecular formula is C28H34N4O7S2. The third-order valence-electron chi connectivity index (χ3n) is 6.87. The number of likely N-dealkylation sites (N-methyl/N-ethyl adjacent to an activating group) is 1. The smallest absolute Gasteiger partial charge is 0.323 e. The molecule has 2 aromatic carbocycles. The molecule has 0 fully saturated rings. The number of rotatable bonds is 9. The van der Waals surface area contributed by atoms with E-state index in [2.05, 4.69) is 10.6 Å². The van der Waals surface area contributed by atoms with Crippen molar-refractivity contribution in [3.8, 4) is 11.5 Å². The second kappa shape index (κ2) is 12.9. The molecule has 4 rings (SSSR count). The molecule has 3 aromatic rings. The van der Waals surface area contributed by atoms with Crippen LogP contribution in [0.2, 0.25) is 0 Å². The minimum Gasteiger partial charge on any atom is -0.497 e. The van der Waals surface area contributed by atoms with Crippen LogP contribution in [0.3, 0.4) is 0 Å². The number of anilines is 2.